The maximum atomic E-state index is 13.0. The lowest BCUT2D eigenvalue weighted by molar-refractivity contribution is 0.102. The van der Waals surface area contributed by atoms with Gasteiger partial charge in [0.25, 0.3) is 15.9 Å². The van der Waals surface area contributed by atoms with Gasteiger partial charge in [-0.05, 0) is 60.7 Å². The highest BCUT2D eigenvalue weighted by atomic mass is 32.2. The second-order valence-corrected chi connectivity index (χ2v) is 9.94. The van der Waals surface area contributed by atoms with Crippen LogP contribution in [0.2, 0.25) is 0 Å². The monoisotopic (exact) mass is 492 g/mol. The molecule has 0 saturated heterocycles. The Balaban J connectivity index is 1.24. The molecule has 0 atom stereocenters. The van der Waals surface area contributed by atoms with E-state index >= 15 is 0 Å². The van der Waals surface area contributed by atoms with E-state index in [0.29, 0.717) is 11.3 Å². The molecule has 2 N–H and O–H groups in total. The molecule has 0 unspecified atom stereocenters. The van der Waals surface area contributed by atoms with Crippen LogP contribution in [0, 0.1) is 5.82 Å². The SMILES string of the molecule is O=C(Nc1ccc(-c2cn3ccsc3n2)cc1)c1ccc(NS(=O)(=O)c2ccc(F)cc2)cc1. The number of nitrogens with one attached hydrogen (secondary N) is 2. The summed E-state index contributed by atoms with van der Waals surface area (Å²) in [5.41, 5.74) is 3.05. The van der Waals surface area contributed by atoms with Gasteiger partial charge in [0.05, 0.1) is 10.6 Å². The third-order valence-corrected chi connectivity index (χ3v) is 7.22. The van der Waals surface area contributed by atoms with E-state index in [4.69, 9.17) is 0 Å². The van der Waals surface area contributed by atoms with Crippen molar-refractivity contribution in [3.8, 4) is 11.3 Å². The van der Waals surface area contributed by atoms with Gasteiger partial charge in [0.2, 0.25) is 0 Å². The summed E-state index contributed by atoms with van der Waals surface area (Å²) >= 11 is 1.56. The van der Waals surface area contributed by atoms with Gasteiger partial charge in [-0.25, -0.2) is 17.8 Å². The normalized spacial score (nSPS) is 11.4. The number of sulfonamides is 1. The molecule has 2 aromatic heterocycles. The van der Waals surface area contributed by atoms with Crippen LogP contribution in [0.25, 0.3) is 16.2 Å². The molecule has 2 heterocycles. The molecule has 0 aliphatic rings. The van der Waals surface area contributed by atoms with Crippen molar-refractivity contribution in [2.45, 2.75) is 4.90 Å². The van der Waals surface area contributed by atoms with Crippen LogP contribution in [0.15, 0.2) is 95.5 Å². The second kappa shape index (κ2) is 8.73. The van der Waals surface area contributed by atoms with Gasteiger partial charge in [-0.1, -0.05) is 12.1 Å². The summed E-state index contributed by atoms with van der Waals surface area (Å²) in [4.78, 5) is 18.0. The van der Waals surface area contributed by atoms with E-state index in [0.717, 1.165) is 28.4 Å². The smallest absolute Gasteiger partial charge is 0.261 e. The van der Waals surface area contributed by atoms with Gasteiger partial charge in [0.1, 0.15) is 5.82 Å². The molecule has 170 valence electrons. The first kappa shape index (κ1) is 21.8. The summed E-state index contributed by atoms with van der Waals surface area (Å²) in [5, 5.41) is 4.79. The van der Waals surface area contributed by atoms with E-state index in [-0.39, 0.29) is 16.5 Å². The standard InChI is InChI=1S/C24H17FN4O3S2/c25-18-5-11-21(12-6-18)34(31,32)28-20-9-3-17(4-10-20)23(30)26-19-7-1-16(2-8-19)22-15-29-13-14-33-24(29)27-22/h1-15,28H,(H,26,30). The maximum Gasteiger partial charge on any atom is 0.261 e. The largest absolute Gasteiger partial charge is 0.322 e. The predicted octanol–water partition coefficient (Wildman–Crippen LogP) is 5.26. The number of thiazole rings is 1. The molecule has 10 heteroatoms. The van der Waals surface area contributed by atoms with Gasteiger partial charge in [-0.3, -0.25) is 13.9 Å². The van der Waals surface area contributed by atoms with E-state index in [1.807, 2.05) is 34.3 Å². The highest BCUT2D eigenvalue weighted by Gasteiger charge is 2.15. The van der Waals surface area contributed by atoms with Crippen LogP contribution >= 0.6 is 11.3 Å². The highest BCUT2D eigenvalue weighted by molar-refractivity contribution is 7.92. The number of benzene rings is 3. The number of carbonyl (C=O) groups is 1. The molecule has 1 amide bonds. The third-order valence-electron chi connectivity index (χ3n) is 5.06. The molecule has 7 nitrogen and oxygen atoms in total. The van der Waals surface area contributed by atoms with Crippen molar-refractivity contribution in [1.29, 1.82) is 0 Å². The number of nitrogens with zero attached hydrogens (tertiary/aromatic N) is 2. The van der Waals surface area contributed by atoms with E-state index in [9.17, 15) is 17.6 Å². The minimum atomic E-state index is -3.87. The van der Waals surface area contributed by atoms with Crippen molar-refractivity contribution in [2.24, 2.45) is 0 Å². The van der Waals surface area contributed by atoms with Crippen molar-refractivity contribution >= 4 is 43.6 Å². The highest BCUT2D eigenvalue weighted by Crippen LogP contribution is 2.23. The van der Waals surface area contributed by atoms with Crippen molar-refractivity contribution in [1.82, 2.24) is 9.38 Å². The summed E-state index contributed by atoms with van der Waals surface area (Å²) in [6, 6.07) is 17.9. The van der Waals surface area contributed by atoms with Crippen LogP contribution in [0.4, 0.5) is 15.8 Å². The molecule has 0 aliphatic heterocycles. The quantitative estimate of drug-likeness (QED) is 0.338. The first-order chi connectivity index (χ1) is 16.4. The number of hydrogen-bond donors (Lipinski definition) is 2. The van der Waals surface area contributed by atoms with Crippen molar-refractivity contribution < 1.29 is 17.6 Å². The second-order valence-electron chi connectivity index (χ2n) is 7.39. The van der Waals surface area contributed by atoms with Gasteiger partial charge in [-0.2, -0.15) is 0 Å². The summed E-state index contributed by atoms with van der Waals surface area (Å²) in [6.45, 7) is 0. The Morgan fingerprint density at radius 1 is 0.912 bits per heavy atom. The Morgan fingerprint density at radius 2 is 1.59 bits per heavy atom. The fourth-order valence-corrected chi connectivity index (χ4v) is 5.07. The summed E-state index contributed by atoms with van der Waals surface area (Å²) in [6.07, 6.45) is 3.90. The van der Waals surface area contributed by atoms with Crippen LogP contribution < -0.4 is 10.0 Å². The zero-order chi connectivity index (χ0) is 23.7. The van der Waals surface area contributed by atoms with E-state index in [1.165, 1.54) is 36.4 Å². The average Bonchev–Trinajstić information content (AvgIpc) is 3.43. The maximum absolute atomic E-state index is 13.0. The lowest BCUT2D eigenvalue weighted by Gasteiger charge is -2.09. The third kappa shape index (κ3) is 4.54. The molecule has 0 saturated carbocycles. The molecule has 5 rings (SSSR count). The minimum absolute atomic E-state index is 0.0606. The number of halogens is 1. The number of amides is 1. The van der Waals surface area contributed by atoms with E-state index in [2.05, 4.69) is 15.0 Å². The van der Waals surface area contributed by atoms with Crippen LogP contribution in [0.1, 0.15) is 10.4 Å². The molecule has 0 radical (unpaired) electrons. The Bertz CT molecular complexity index is 1550. The van der Waals surface area contributed by atoms with Crippen molar-refractivity contribution in [3.63, 3.8) is 0 Å². The van der Waals surface area contributed by atoms with Gasteiger partial charge in [0, 0.05) is 40.3 Å². The molecule has 3 aromatic carbocycles. The zero-order valence-corrected chi connectivity index (χ0v) is 19.1. The Hall–Kier alpha value is -4.02. The van der Waals surface area contributed by atoms with Crippen molar-refractivity contribution in [3.05, 3.63) is 102 Å². The lowest BCUT2D eigenvalue weighted by atomic mass is 10.1. The number of fused-ring (bicyclic) bond motifs is 1. The summed E-state index contributed by atoms with van der Waals surface area (Å²) in [5.74, 6) is -0.853. The van der Waals surface area contributed by atoms with Crippen LogP contribution in [0.3, 0.4) is 0 Å². The lowest BCUT2D eigenvalue weighted by Crippen LogP contribution is -2.14. The van der Waals surface area contributed by atoms with Gasteiger partial charge in [0.15, 0.2) is 4.96 Å². The Morgan fingerprint density at radius 3 is 2.26 bits per heavy atom. The first-order valence-electron chi connectivity index (χ1n) is 10.1. The van der Waals surface area contributed by atoms with Gasteiger partial charge in [-0.15, -0.1) is 11.3 Å². The number of imidazole rings is 1. The van der Waals surface area contributed by atoms with E-state index in [1.54, 1.807) is 23.5 Å². The Kier molecular flexibility index (Phi) is 5.60. The molecule has 0 fully saturated rings. The van der Waals surface area contributed by atoms with Crippen LogP contribution in [-0.4, -0.2) is 23.7 Å². The average molecular weight is 493 g/mol. The minimum Gasteiger partial charge on any atom is -0.322 e. The fraction of sp³-hybridized carbons (Fsp3) is 0. The number of rotatable bonds is 6. The number of anilines is 2. The summed E-state index contributed by atoms with van der Waals surface area (Å²) < 4.78 is 42.3. The molecule has 5 aromatic rings. The molecule has 0 spiro atoms. The fourth-order valence-electron chi connectivity index (χ4n) is 3.31. The summed E-state index contributed by atoms with van der Waals surface area (Å²) in [7, 11) is -3.87. The van der Waals surface area contributed by atoms with Crippen LogP contribution in [-0.2, 0) is 10.0 Å². The van der Waals surface area contributed by atoms with Crippen LogP contribution in [0.5, 0.6) is 0 Å². The first-order valence-corrected chi connectivity index (χ1v) is 12.5. The topological polar surface area (TPSA) is 92.6 Å². The van der Waals surface area contributed by atoms with Gasteiger partial charge >= 0.3 is 0 Å². The zero-order valence-electron chi connectivity index (χ0n) is 17.5. The molecule has 34 heavy (non-hydrogen) atoms. The number of carbonyl (C=O) groups excluding carboxylic acids is 1. The molecule has 0 aliphatic carbocycles. The predicted molar refractivity (Wildman–Crippen MR) is 130 cm³/mol. The van der Waals surface area contributed by atoms with Crippen molar-refractivity contribution in [2.75, 3.05) is 10.0 Å². The number of hydrogen-bond acceptors (Lipinski definition) is 5. The van der Waals surface area contributed by atoms with Gasteiger partial charge < -0.3 is 5.32 Å². The molecular weight excluding hydrogens is 475 g/mol. The van der Waals surface area contributed by atoms with E-state index < -0.39 is 15.8 Å². The Labute approximate surface area is 198 Å². The number of aromatic nitrogens is 2. The molecule has 0 bridgehead atoms. The molecular formula is C24H17FN4O3S2.